The van der Waals surface area contributed by atoms with E-state index in [1.165, 1.54) is 6.07 Å². The minimum Gasteiger partial charge on any atom is -0.375 e. The molecule has 2 saturated heterocycles. The highest BCUT2D eigenvalue weighted by Gasteiger charge is 2.39. The monoisotopic (exact) mass is 398 g/mol. The molecule has 0 unspecified atom stereocenters. The molecule has 2 aliphatic heterocycles. The third kappa shape index (κ3) is 3.86. The maximum absolute atomic E-state index is 12.5. The zero-order valence-corrected chi connectivity index (χ0v) is 16.1. The van der Waals surface area contributed by atoms with Crippen LogP contribution in [0.2, 0.25) is 9.36 Å². The van der Waals surface area contributed by atoms with Gasteiger partial charge in [0.15, 0.2) is 0 Å². The summed E-state index contributed by atoms with van der Waals surface area (Å²) in [4.78, 5) is 2.33. The zero-order valence-electron chi connectivity index (χ0n) is 13.0. The molecular weight excluding hydrogens is 379 g/mol. The van der Waals surface area contributed by atoms with Gasteiger partial charge in [0.1, 0.15) is 8.55 Å². The minimum absolute atomic E-state index is 0.112. The summed E-state index contributed by atoms with van der Waals surface area (Å²) in [6, 6.07) is 1.57. The number of hydrogen-bond donors (Lipinski definition) is 1. The van der Waals surface area contributed by atoms with Gasteiger partial charge in [0.2, 0.25) is 10.0 Å². The molecule has 9 heteroatoms. The quantitative estimate of drug-likeness (QED) is 0.846. The summed E-state index contributed by atoms with van der Waals surface area (Å²) in [5, 5.41) is 0.272. The number of nitrogens with zero attached hydrogens (tertiary/aromatic N) is 1. The first kappa shape index (κ1) is 17.9. The van der Waals surface area contributed by atoms with Crippen molar-refractivity contribution in [1.82, 2.24) is 9.62 Å². The number of halogens is 2. The fraction of sp³-hybridized carbons (Fsp3) is 0.714. The van der Waals surface area contributed by atoms with Gasteiger partial charge in [-0.1, -0.05) is 37.0 Å². The van der Waals surface area contributed by atoms with E-state index in [9.17, 15) is 8.42 Å². The Morgan fingerprint density at radius 3 is 2.74 bits per heavy atom. The molecule has 0 radical (unpaired) electrons. The number of rotatable bonds is 4. The summed E-state index contributed by atoms with van der Waals surface area (Å²) in [7, 11) is -3.59. The van der Waals surface area contributed by atoms with Crippen molar-refractivity contribution in [2.24, 2.45) is 5.92 Å². The SMILES string of the molecule is CC(C)[C@H]1CN2C[C@@H](NS(=O)(=O)c3cc(Cl)c(Cl)s3)C[C@H]2CO1. The average molecular weight is 399 g/mol. The molecule has 0 spiro atoms. The van der Waals surface area contributed by atoms with Crippen molar-refractivity contribution in [2.45, 2.75) is 42.7 Å². The average Bonchev–Trinajstić information content (AvgIpc) is 3.01. The highest BCUT2D eigenvalue weighted by atomic mass is 35.5. The van der Waals surface area contributed by atoms with E-state index in [1.54, 1.807) is 0 Å². The lowest BCUT2D eigenvalue weighted by molar-refractivity contribution is -0.0683. The van der Waals surface area contributed by atoms with Crippen molar-refractivity contribution in [3.05, 3.63) is 15.4 Å². The molecule has 0 amide bonds. The molecule has 3 atom stereocenters. The molecule has 23 heavy (non-hydrogen) atoms. The van der Waals surface area contributed by atoms with Crippen molar-refractivity contribution >= 4 is 44.6 Å². The van der Waals surface area contributed by atoms with E-state index in [2.05, 4.69) is 23.5 Å². The predicted octanol–water partition coefficient (Wildman–Crippen LogP) is 2.83. The molecule has 3 heterocycles. The second-order valence-corrected chi connectivity index (χ2v) is 10.5. The van der Waals surface area contributed by atoms with Crippen molar-refractivity contribution in [3.8, 4) is 0 Å². The molecule has 2 fully saturated rings. The molecule has 0 saturated carbocycles. The van der Waals surface area contributed by atoms with Crippen molar-refractivity contribution in [3.63, 3.8) is 0 Å². The van der Waals surface area contributed by atoms with Gasteiger partial charge >= 0.3 is 0 Å². The molecule has 0 bridgehead atoms. The molecule has 1 N–H and O–H groups in total. The van der Waals surface area contributed by atoms with Crippen LogP contribution in [0.1, 0.15) is 20.3 Å². The Balaban J connectivity index is 1.66. The maximum Gasteiger partial charge on any atom is 0.250 e. The van der Waals surface area contributed by atoms with E-state index in [0.717, 1.165) is 24.3 Å². The minimum atomic E-state index is -3.59. The summed E-state index contributed by atoms with van der Waals surface area (Å²) in [5.74, 6) is 0.460. The number of ether oxygens (including phenoxy) is 1. The molecule has 1 aromatic heterocycles. The van der Waals surface area contributed by atoms with Gasteiger partial charge in [0.25, 0.3) is 0 Å². The fourth-order valence-corrected chi connectivity index (χ4v) is 6.26. The van der Waals surface area contributed by atoms with Crippen LogP contribution < -0.4 is 4.72 Å². The van der Waals surface area contributed by atoms with Gasteiger partial charge in [-0.3, -0.25) is 4.90 Å². The Bertz CT molecular complexity index is 658. The van der Waals surface area contributed by atoms with Gasteiger partial charge < -0.3 is 4.74 Å². The summed E-state index contributed by atoms with van der Waals surface area (Å²) in [5.41, 5.74) is 0. The highest BCUT2D eigenvalue weighted by Crippen LogP contribution is 2.35. The van der Waals surface area contributed by atoms with Crippen molar-refractivity contribution in [2.75, 3.05) is 19.7 Å². The lowest BCUT2D eigenvalue weighted by Gasteiger charge is -2.36. The molecule has 0 aromatic carbocycles. The highest BCUT2D eigenvalue weighted by molar-refractivity contribution is 7.91. The summed E-state index contributed by atoms with van der Waals surface area (Å²) >= 11 is 12.7. The second-order valence-electron chi connectivity index (χ2n) is 6.46. The van der Waals surface area contributed by atoms with E-state index >= 15 is 0 Å². The lowest BCUT2D eigenvalue weighted by Crippen LogP contribution is -2.48. The normalized spacial score (nSPS) is 29.2. The Morgan fingerprint density at radius 1 is 1.39 bits per heavy atom. The van der Waals surface area contributed by atoms with Crippen LogP contribution in [0.3, 0.4) is 0 Å². The molecule has 130 valence electrons. The van der Waals surface area contributed by atoms with E-state index < -0.39 is 10.0 Å². The van der Waals surface area contributed by atoms with Gasteiger partial charge in [0, 0.05) is 25.2 Å². The van der Waals surface area contributed by atoms with Gasteiger partial charge in [-0.2, -0.15) is 0 Å². The summed E-state index contributed by atoms with van der Waals surface area (Å²) < 4.78 is 34.0. The van der Waals surface area contributed by atoms with Gasteiger partial charge in [-0.25, -0.2) is 13.1 Å². The number of hydrogen-bond acceptors (Lipinski definition) is 5. The topological polar surface area (TPSA) is 58.6 Å². The van der Waals surface area contributed by atoms with E-state index in [4.69, 9.17) is 27.9 Å². The van der Waals surface area contributed by atoms with Crippen LogP contribution >= 0.6 is 34.5 Å². The zero-order chi connectivity index (χ0) is 16.8. The number of morpholine rings is 1. The predicted molar refractivity (Wildman–Crippen MR) is 93.0 cm³/mol. The first-order valence-electron chi connectivity index (χ1n) is 7.59. The Kier molecular flexibility index (Phi) is 5.28. The van der Waals surface area contributed by atoms with Crippen LogP contribution in [0, 0.1) is 5.92 Å². The van der Waals surface area contributed by atoms with E-state index in [-0.39, 0.29) is 27.4 Å². The number of nitrogens with one attached hydrogen (secondary N) is 1. The summed E-state index contributed by atoms with van der Waals surface area (Å²) in [6.07, 6.45) is 0.980. The number of sulfonamides is 1. The third-order valence-corrected chi connectivity index (χ3v) is 8.26. The molecule has 1 aromatic rings. The van der Waals surface area contributed by atoms with Crippen molar-refractivity contribution in [1.29, 1.82) is 0 Å². The second kappa shape index (κ2) is 6.78. The van der Waals surface area contributed by atoms with E-state index in [0.29, 0.717) is 23.4 Å². The molecule has 0 aliphatic carbocycles. The van der Waals surface area contributed by atoms with Crippen LogP contribution in [0.4, 0.5) is 0 Å². The maximum atomic E-state index is 12.5. The fourth-order valence-electron chi connectivity index (χ4n) is 3.13. The molecule has 5 nitrogen and oxygen atoms in total. The number of thiophene rings is 1. The Labute approximate surface area is 151 Å². The van der Waals surface area contributed by atoms with Crippen molar-refractivity contribution < 1.29 is 13.2 Å². The van der Waals surface area contributed by atoms with Crippen LogP contribution in [-0.2, 0) is 14.8 Å². The van der Waals surface area contributed by atoms with Gasteiger partial charge in [-0.15, -0.1) is 11.3 Å². The summed E-state index contributed by atoms with van der Waals surface area (Å²) in [6.45, 7) is 6.52. The standard InChI is InChI=1S/C14H20Cl2N2O3S2/c1-8(2)12-6-18-5-9(3-10(18)7-21-12)17-23(19,20)13-4-11(15)14(16)22-13/h4,8-10,12,17H,3,5-7H2,1-2H3/t9-,10-,12+/m0/s1. The third-order valence-electron chi connectivity index (χ3n) is 4.40. The van der Waals surface area contributed by atoms with Crippen LogP contribution in [0.15, 0.2) is 10.3 Å². The Morgan fingerprint density at radius 2 is 2.13 bits per heavy atom. The van der Waals surface area contributed by atoms with Gasteiger partial charge in [0.05, 0.1) is 17.7 Å². The van der Waals surface area contributed by atoms with Crippen LogP contribution in [0.25, 0.3) is 0 Å². The molecule has 2 aliphatic rings. The first-order valence-corrected chi connectivity index (χ1v) is 10.6. The smallest absolute Gasteiger partial charge is 0.250 e. The largest absolute Gasteiger partial charge is 0.375 e. The Hall–Kier alpha value is 0.110. The number of fused-ring (bicyclic) bond motifs is 1. The molecule has 3 rings (SSSR count). The lowest BCUT2D eigenvalue weighted by atomic mass is 10.0. The van der Waals surface area contributed by atoms with Crippen LogP contribution in [-0.4, -0.2) is 51.2 Å². The molecular formula is C14H20Cl2N2O3S2. The van der Waals surface area contributed by atoms with Crippen LogP contribution in [0.5, 0.6) is 0 Å². The van der Waals surface area contributed by atoms with E-state index in [1.807, 2.05) is 0 Å². The van der Waals surface area contributed by atoms with Gasteiger partial charge in [-0.05, 0) is 18.4 Å². The first-order chi connectivity index (χ1) is 10.8.